The van der Waals surface area contributed by atoms with Gasteiger partial charge in [0.05, 0.1) is 0 Å². The summed E-state index contributed by atoms with van der Waals surface area (Å²) in [6.07, 6.45) is 1.07. The smallest absolute Gasteiger partial charge is 0.0496 e. The van der Waals surface area contributed by atoms with Crippen LogP contribution in [-0.2, 0) is 6.42 Å². The first-order valence-corrected chi connectivity index (χ1v) is 6.87. The molecular formula is C14H19BrN2. The van der Waals surface area contributed by atoms with Gasteiger partial charge in [0.2, 0.25) is 0 Å². The minimum Gasteiger partial charge on any atom is -0.342 e. The van der Waals surface area contributed by atoms with Crippen molar-refractivity contribution in [2.24, 2.45) is 0 Å². The van der Waals surface area contributed by atoms with Gasteiger partial charge in [-0.2, -0.15) is 0 Å². The van der Waals surface area contributed by atoms with E-state index in [4.69, 9.17) is 0 Å². The van der Waals surface area contributed by atoms with E-state index >= 15 is 0 Å². The molecule has 92 valence electrons. The Labute approximate surface area is 111 Å². The number of hydrogen-bond acceptors (Lipinski definition) is 1. The molecule has 0 saturated carbocycles. The van der Waals surface area contributed by atoms with Gasteiger partial charge in [-0.15, -0.1) is 0 Å². The fraction of sp³-hybridized carbons (Fsp3) is 0.429. The predicted molar refractivity (Wildman–Crippen MR) is 77.7 cm³/mol. The number of nitrogens with zero attached hydrogens (tertiary/aromatic N) is 1. The number of fused-ring (bicyclic) bond motifs is 1. The number of likely N-dealkylation sites (N-methyl/N-ethyl adjacent to an activating group) is 1. The Kier molecular flexibility index (Phi) is 3.89. The maximum atomic E-state index is 3.63. The van der Waals surface area contributed by atoms with Crippen LogP contribution in [0.4, 0.5) is 0 Å². The highest BCUT2D eigenvalue weighted by atomic mass is 79.9. The zero-order valence-electron chi connectivity index (χ0n) is 10.6. The lowest BCUT2D eigenvalue weighted by atomic mass is 10.2. The zero-order valence-corrected chi connectivity index (χ0v) is 12.2. The van der Waals surface area contributed by atoms with Crippen LogP contribution in [0.1, 0.15) is 25.6 Å². The van der Waals surface area contributed by atoms with Crippen molar-refractivity contribution in [3.8, 4) is 0 Å². The predicted octanol–water partition coefficient (Wildman–Crippen LogP) is 3.75. The lowest BCUT2D eigenvalue weighted by molar-refractivity contribution is 0.587. The summed E-state index contributed by atoms with van der Waals surface area (Å²) < 4.78 is 3.61. The third-order valence-corrected chi connectivity index (χ3v) is 3.75. The van der Waals surface area contributed by atoms with Crippen molar-refractivity contribution in [2.75, 3.05) is 13.6 Å². The molecule has 0 aliphatic carbocycles. The summed E-state index contributed by atoms with van der Waals surface area (Å²) in [5.74, 6) is 0. The Morgan fingerprint density at radius 1 is 1.35 bits per heavy atom. The van der Waals surface area contributed by atoms with Gasteiger partial charge in [-0.25, -0.2) is 0 Å². The summed E-state index contributed by atoms with van der Waals surface area (Å²) in [5, 5.41) is 4.53. The quantitative estimate of drug-likeness (QED) is 0.909. The lowest BCUT2D eigenvalue weighted by Crippen LogP contribution is -2.14. The van der Waals surface area contributed by atoms with Crippen molar-refractivity contribution in [3.05, 3.63) is 34.4 Å². The molecule has 1 aromatic carbocycles. The molecule has 0 aliphatic heterocycles. The minimum absolute atomic E-state index is 0.494. The standard InChI is InChI=1S/C14H19BrN2/c1-10(2)17-11(7-8-16-3)9-12-13(15)5-4-6-14(12)17/h4-6,9-10,16H,7-8H2,1-3H3. The van der Waals surface area contributed by atoms with Crippen LogP contribution in [0.25, 0.3) is 10.9 Å². The first-order chi connectivity index (χ1) is 8.15. The Morgan fingerprint density at radius 3 is 2.76 bits per heavy atom. The molecule has 0 bridgehead atoms. The molecule has 0 saturated heterocycles. The van der Waals surface area contributed by atoms with Crippen LogP contribution in [0, 0.1) is 0 Å². The lowest BCUT2D eigenvalue weighted by Gasteiger charge is -2.14. The molecule has 1 N–H and O–H groups in total. The molecule has 0 fully saturated rings. The summed E-state index contributed by atoms with van der Waals surface area (Å²) >= 11 is 3.63. The third kappa shape index (κ3) is 2.40. The number of hydrogen-bond donors (Lipinski definition) is 1. The van der Waals surface area contributed by atoms with Gasteiger partial charge in [0.15, 0.2) is 0 Å². The van der Waals surface area contributed by atoms with Gasteiger partial charge >= 0.3 is 0 Å². The van der Waals surface area contributed by atoms with E-state index in [0.29, 0.717) is 6.04 Å². The van der Waals surface area contributed by atoms with Crippen LogP contribution in [0.15, 0.2) is 28.7 Å². The van der Waals surface area contributed by atoms with Crippen molar-refractivity contribution in [1.29, 1.82) is 0 Å². The molecular weight excluding hydrogens is 276 g/mol. The van der Waals surface area contributed by atoms with Crippen molar-refractivity contribution in [1.82, 2.24) is 9.88 Å². The summed E-state index contributed by atoms with van der Waals surface area (Å²) in [6, 6.07) is 9.20. The Hall–Kier alpha value is -0.800. The molecule has 2 rings (SSSR count). The van der Waals surface area contributed by atoms with Gasteiger partial charge in [-0.1, -0.05) is 22.0 Å². The highest BCUT2D eigenvalue weighted by Crippen LogP contribution is 2.29. The highest BCUT2D eigenvalue weighted by Gasteiger charge is 2.12. The van der Waals surface area contributed by atoms with Crippen LogP contribution < -0.4 is 5.32 Å². The van der Waals surface area contributed by atoms with E-state index in [1.807, 2.05) is 7.05 Å². The van der Waals surface area contributed by atoms with Crippen molar-refractivity contribution < 1.29 is 0 Å². The normalized spacial score (nSPS) is 11.6. The largest absolute Gasteiger partial charge is 0.342 e. The van der Waals surface area contributed by atoms with Crippen molar-refractivity contribution in [3.63, 3.8) is 0 Å². The second-order valence-corrected chi connectivity index (χ2v) is 5.48. The van der Waals surface area contributed by atoms with E-state index in [1.165, 1.54) is 21.1 Å². The third-order valence-electron chi connectivity index (χ3n) is 3.06. The van der Waals surface area contributed by atoms with Gasteiger partial charge in [0.25, 0.3) is 0 Å². The summed E-state index contributed by atoms with van der Waals surface area (Å²) in [7, 11) is 2.00. The SMILES string of the molecule is CNCCc1cc2c(Br)cccc2n1C(C)C. The van der Waals surface area contributed by atoms with Gasteiger partial charge in [-0.3, -0.25) is 0 Å². The monoisotopic (exact) mass is 294 g/mol. The van der Waals surface area contributed by atoms with E-state index in [9.17, 15) is 0 Å². The van der Waals surface area contributed by atoms with E-state index in [2.05, 4.69) is 63.9 Å². The van der Waals surface area contributed by atoms with Crippen LogP contribution >= 0.6 is 15.9 Å². The van der Waals surface area contributed by atoms with Gasteiger partial charge in [0, 0.05) is 40.1 Å². The van der Waals surface area contributed by atoms with E-state index in [-0.39, 0.29) is 0 Å². The molecule has 1 aromatic heterocycles. The Balaban J connectivity index is 2.58. The zero-order chi connectivity index (χ0) is 12.4. The second kappa shape index (κ2) is 5.23. The first-order valence-electron chi connectivity index (χ1n) is 6.08. The molecule has 0 aliphatic rings. The number of aromatic nitrogens is 1. The van der Waals surface area contributed by atoms with E-state index < -0.39 is 0 Å². The van der Waals surface area contributed by atoms with Crippen LogP contribution in [0.3, 0.4) is 0 Å². The number of halogens is 1. The van der Waals surface area contributed by atoms with Crippen molar-refractivity contribution in [2.45, 2.75) is 26.3 Å². The fourth-order valence-electron chi connectivity index (χ4n) is 2.32. The van der Waals surface area contributed by atoms with Crippen LogP contribution in [0.5, 0.6) is 0 Å². The van der Waals surface area contributed by atoms with E-state index in [0.717, 1.165) is 13.0 Å². The van der Waals surface area contributed by atoms with Crippen molar-refractivity contribution >= 4 is 26.8 Å². The highest BCUT2D eigenvalue weighted by molar-refractivity contribution is 9.10. The molecule has 0 spiro atoms. The average molecular weight is 295 g/mol. The molecule has 0 unspecified atom stereocenters. The molecule has 17 heavy (non-hydrogen) atoms. The van der Waals surface area contributed by atoms with E-state index in [1.54, 1.807) is 0 Å². The maximum Gasteiger partial charge on any atom is 0.0496 e. The summed E-state index contributed by atoms with van der Waals surface area (Å²) in [6.45, 7) is 5.49. The number of rotatable bonds is 4. The second-order valence-electron chi connectivity index (χ2n) is 4.63. The average Bonchev–Trinajstić information content (AvgIpc) is 2.66. The maximum absolute atomic E-state index is 3.63. The number of benzene rings is 1. The molecule has 1 heterocycles. The van der Waals surface area contributed by atoms with Gasteiger partial charge in [0.1, 0.15) is 0 Å². The van der Waals surface area contributed by atoms with Gasteiger partial charge < -0.3 is 9.88 Å². The first kappa shape index (κ1) is 12.7. The summed E-state index contributed by atoms with van der Waals surface area (Å²) in [4.78, 5) is 0. The molecule has 0 radical (unpaired) electrons. The Bertz CT molecular complexity index is 514. The summed E-state index contributed by atoms with van der Waals surface area (Å²) in [5.41, 5.74) is 2.72. The molecule has 0 atom stereocenters. The molecule has 2 nitrogen and oxygen atoms in total. The molecule has 2 aromatic rings. The topological polar surface area (TPSA) is 17.0 Å². The van der Waals surface area contributed by atoms with Gasteiger partial charge in [-0.05, 0) is 39.1 Å². The van der Waals surface area contributed by atoms with Crippen LogP contribution in [-0.4, -0.2) is 18.2 Å². The fourth-order valence-corrected chi connectivity index (χ4v) is 2.80. The number of nitrogens with one attached hydrogen (secondary N) is 1. The van der Waals surface area contributed by atoms with Crippen LogP contribution in [0.2, 0.25) is 0 Å². The Morgan fingerprint density at radius 2 is 2.12 bits per heavy atom. The minimum atomic E-state index is 0.494. The molecule has 0 amide bonds. The molecule has 3 heteroatoms.